The molecule has 0 aromatic heterocycles. The third kappa shape index (κ3) is 4.31. The molecular weight excluding hydrogens is 466 g/mol. The van der Waals surface area contributed by atoms with Crippen LogP contribution in [0.4, 0.5) is 17.1 Å². The normalized spacial score (nSPS) is 13.9. The van der Waals surface area contributed by atoms with Gasteiger partial charge in [0, 0.05) is 17.7 Å². The van der Waals surface area contributed by atoms with Crippen LogP contribution in [0.25, 0.3) is 5.57 Å². The van der Waals surface area contributed by atoms with Gasteiger partial charge >= 0.3 is 5.97 Å². The highest BCUT2D eigenvalue weighted by Gasteiger charge is 2.38. The predicted octanol–water partition coefficient (Wildman–Crippen LogP) is 5.56. The number of esters is 1. The number of rotatable bonds is 5. The molecule has 0 bridgehead atoms. The quantitative estimate of drug-likeness (QED) is 0.199. The van der Waals surface area contributed by atoms with E-state index in [2.05, 4.69) is 0 Å². The fraction of sp³-hybridized carbons (Fsp3) is 0.154. The van der Waals surface area contributed by atoms with Crippen molar-refractivity contribution >= 4 is 34.5 Å². The van der Waals surface area contributed by atoms with Gasteiger partial charge in [-0.15, -0.1) is 0 Å². The van der Waals surface area contributed by atoms with Crippen LogP contribution in [0.1, 0.15) is 47.1 Å². The molecule has 0 N–H and O–H groups in total. The van der Waals surface area contributed by atoms with E-state index in [0.29, 0.717) is 11.3 Å². The van der Waals surface area contributed by atoms with E-state index in [-0.39, 0.29) is 28.3 Å². The summed E-state index contributed by atoms with van der Waals surface area (Å²) in [4.78, 5) is 49.3. The molecule has 1 aliphatic rings. The van der Waals surface area contributed by atoms with E-state index >= 15 is 0 Å². The van der Waals surface area contributed by atoms with E-state index in [1.165, 1.54) is 53.4 Å². The molecule has 0 saturated carbocycles. The van der Waals surface area contributed by atoms with Gasteiger partial charge in [0.15, 0.2) is 0 Å². The zero-order valence-corrected chi connectivity index (χ0v) is 19.6. The highest BCUT2D eigenvalue weighted by Crippen LogP contribution is 2.42. The summed E-state index contributed by atoms with van der Waals surface area (Å²) in [6.45, 7) is 5.46. The summed E-state index contributed by atoms with van der Waals surface area (Å²) in [6, 6.07) is 15.8. The zero-order valence-electron chi connectivity index (χ0n) is 19.6. The van der Waals surface area contributed by atoms with Crippen molar-refractivity contribution in [1.29, 1.82) is 0 Å². The van der Waals surface area contributed by atoms with Gasteiger partial charge in [0.25, 0.3) is 17.3 Å². The second kappa shape index (κ2) is 9.06. The lowest BCUT2D eigenvalue weighted by molar-refractivity contribution is -0.385. The summed E-state index contributed by atoms with van der Waals surface area (Å²) < 4.78 is 5.43. The summed E-state index contributed by atoms with van der Waals surface area (Å²) in [6.07, 6.45) is 1.84. The van der Waals surface area contributed by atoms with Crippen molar-refractivity contribution in [1.82, 2.24) is 0 Å². The SMILES string of the molecule is CC1=CC(C)(C)N(C(=O)c2ccccc2[N+](=O)[O-])c2ccc(OC(=O)c3ccccc3[N+](=O)[O-])cc21. The summed E-state index contributed by atoms with van der Waals surface area (Å²) in [5, 5.41) is 22.8. The number of nitro groups is 2. The Balaban J connectivity index is 1.74. The van der Waals surface area contributed by atoms with Crippen LogP contribution < -0.4 is 9.64 Å². The van der Waals surface area contributed by atoms with Crippen LogP contribution >= 0.6 is 0 Å². The summed E-state index contributed by atoms with van der Waals surface area (Å²) >= 11 is 0. The van der Waals surface area contributed by atoms with Gasteiger partial charge in [0.05, 0.1) is 21.1 Å². The highest BCUT2D eigenvalue weighted by molar-refractivity contribution is 6.12. The zero-order chi connectivity index (χ0) is 26.2. The molecule has 1 heterocycles. The molecule has 182 valence electrons. The van der Waals surface area contributed by atoms with Crippen LogP contribution in [0.5, 0.6) is 5.75 Å². The first-order valence-corrected chi connectivity index (χ1v) is 10.9. The Morgan fingerprint density at radius 3 is 2.03 bits per heavy atom. The molecule has 0 fully saturated rings. The second-order valence-corrected chi connectivity index (χ2v) is 8.74. The van der Waals surface area contributed by atoms with Gasteiger partial charge in [-0.3, -0.25) is 29.9 Å². The third-order valence-corrected chi connectivity index (χ3v) is 5.85. The summed E-state index contributed by atoms with van der Waals surface area (Å²) in [7, 11) is 0. The lowest BCUT2D eigenvalue weighted by Gasteiger charge is -2.41. The van der Waals surface area contributed by atoms with Crippen molar-refractivity contribution in [2.45, 2.75) is 26.3 Å². The average Bonchev–Trinajstić information content (AvgIpc) is 2.83. The third-order valence-electron chi connectivity index (χ3n) is 5.85. The molecule has 1 aliphatic heterocycles. The number of ether oxygens (including phenoxy) is 1. The number of allylic oxidation sites excluding steroid dienone is 1. The van der Waals surface area contributed by atoms with E-state index in [0.717, 1.165) is 5.57 Å². The van der Waals surface area contributed by atoms with E-state index in [9.17, 15) is 29.8 Å². The Labute approximate surface area is 205 Å². The molecule has 3 aromatic rings. The maximum atomic E-state index is 13.6. The van der Waals surface area contributed by atoms with Gasteiger partial charge in [-0.25, -0.2) is 4.79 Å². The van der Waals surface area contributed by atoms with Gasteiger partial charge in [0.1, 0.15) is 16.9 Å². The Kier molecular flexibility index (Phi) is 6.11. The molecule has 0 unspecified atom stereocenters. The number of amides is 1. The van der Waals surface area contributed by atoms with Crippen LogP contribution in [0.2, 0.25) is 0 Å². The lowest BCUT2D eigenvalue weighted by atomic mass is 9.88. The highest BCUT2D eigenvalue weighted by atomic mass is 16.6. The molecule has 0 spiro atoms. The molecule has 3 aromatic carbocycles. The number of anilines is 1. The van der Waals surface area contributed by atoms with Crippen molar-refractivity contribution in [2.75, 3.05) is 4.90 Å². The maximum absolute atomic E-state index is 13.6. The average molecular weight is 487 g/mol. The van der Waals surface area contributed by atoms with Gasteiger partial charge in [0.2, 0.25) is 0 Å². The summed E-state index contributed by atoms with van der Waals surface area (Å²) in [5.41, 5.74) is 0.109. The molecule has 36 heavy (non-hydrogen) atoms. The molecule has 0 atom stereocenters. The van der Waals surface area contributed by atoms with Gasteiger partial charge in [-0.05, 0) is 56.7 Å². The van der Waals surface area contributed by atoms with Crippen molar-refractivity contribution in [3.8, 4) is 5.75 Å². The Morgan fingerprint density at radius 1 is 0.861 bits per heavy atom. The van der Waals surface area contributed by atoms with Crippen LogP contribution in [0.3, 0.4) is 0 Å². The first-order valence-electron chi connectivity index (χ1n) is 10.9. The minimum atomic E-state index is -0.895. The van der Waals surface area contributed by atoms with Gasteiger partial charge in [-0.1, -0.05) is 30.3 Å². The number of benzene rings is 3. The fourth-order valence-corrected chi connectivity index (χ4v) is 4.34. The molecule has 0 saturated heterocycles. The first-order chi connectivity index (χ1) is 17.0. The molecule has 0 radical (unpaired) electrons. The van der Waals surface area contributed by atoms with Crippen molar-refractivity contribution in [3.63, 3.8) is 0 Å². The number of nitrogens with zero attached hydrogens (tertiary/aromatic N) is 3. The number of carbonyl (C=O) groups excluding carboxylic acids is 2. The smallest absolute Gasteiger partial charge is 0.350 e. The Bertz CT molecular complexity index is 1460. The number of carbonyl (C=O) groups is 2. The van der Waals surface area contributed by atoms with Crippen LogP contribution in [-0.4, -0.2) is 27.3 Å². The van der Waals surface area contributed by atoms with Crippen LogP contribution in [0, 0.1) is 20.2 Å². The minimum absolute atomic E-state index is 0.0543. The molecule has 1 amide bonds. The second-order valence-electron chi connectivity index (χ2n) is 8.74. The first kappa shape index (κ1) is 24.3. The van der Waals surface area contributed by atoms with Gasteiger partial charge < -0.3 is 4.74 Å². The summed E-state index contributed by atoms with van der Waals surface area (Å²) in [5.74, 6) is -1.32. The number of hydrogen-bond acceptors (Lipinski definition) is 7. The van der Waals surface area contributed by atoms with E-state index < -0.39 is 27.3 Å². The van der Waals surface area contributed by atoms with Crippen molar-refractivity contribution in [2.24, 2.45) is 0 Å². The Hall–Kier alpha value is -4.86. The fourth-order valence-electron chi connectivity index (χ4n) is 4.34. The molecular formula is C26H21N3O7. The van der Waals surface area contributed by atoms with Gasteiger partial charge in [-0.2, -0.15) is 0 Å². The van der Waals surface area contributed by atoms with Crippen LogP contribution in [-0.2, 0) is 0 Å². The van der Waals surface area contributed by atoms with Crippen molar-refractivity contribution < 1.29 is 24.2 Å². The largest absolute Gasteiger partial charge is 0.423 e. The predicted molar refractivity (Wildman–Crippen MR) is 132 cm³/mol. The topological polar surface area (TPSA) is 133 Å². The molecule has 10 nitrogen and oxygen atoms in total. The van der Waals surface area contributed by atoms with Crippen LogP contribution in [0.15, 0.2) is 72.8 Å². The monoisotopic (exact) mass is 487 g/mol. The number of nitro benzene ring substituents is 2. The van der Waals surface area contributed by atoms with Crippen molar-refractivity contribution in [3.05, 3.63) is 110 Å². The number of hydrogen-bond donors (Lipinski definition) is 0. The molecule has 0 aliphatic carbocycles. The lowest BCUT2D eigenvalue weighted by Crippen LogP contribution is -2.49. The maximum Gasteiger partial charge on any atom is 0.350 e. The van der Waals surface area contributed by atoms with E-state index in [4.69, 9.17) is 4.74 Å². The van der Waals surface area contributed by atoms with E-state index in [1.807, 2.05) is 26.8 Å². The number of para-hydroxylation sites is 2. The number of fused-ring (bicyclic) bond motifs is 1. The standard InChI is InChI=1S/C26H21N3O7/c1-16-15-26(2,3)27(24(30)18-8-4-6-10-22(18)28(32)33)21-13-12-17(14-20(16)21)36-25(31)19-9-5-7-11-23(19)29(34)35/h4-15H,1-3H3. The minimum Gasteiger partial charge on any atom is -0.423 e. The molecule has 10 heteroatoms. The molecule has 4 rings (SSSR count). The van der Waals surface area contributed by atoms with E-state index in [1.54, 1.807) is 18.2 Å². The Morgan fingerprint density at radius 2 is 1.42 bits per heavy atom.